The van der Waals surface area contributed by atoms with Gasteiger partial charge < -0.3 is 19.9 Å². The van der Waals surface area contributed by atoms with E-state index in [1.54, 1.807) is 6.07 Å². The number of aliphatic imine (C=N–C) groups is 1. The summed E-state index contributed by atoms with van der Waals surface area (Å²) in [5.74, 6) is -4.70. The van der Waals surface area contributed by atoms with Gasteiger partial charge in [0.05, 0.1) is 59.0 Å². The number of rotatable bonds is 4. The summed E-state index contributed by atoms with van der Waals surface area (Å²) in [7, 11) is 0. The molecule has 1 aliphatic carbocycles. The Balaban J connectivity index is 1.47. The zero-order chi connectivity index (χ0) is 30.3. The van der Waals surface area contributed by atoms with Crippen LogP contribution in [0, 0.1) is 11.3 Å². The van der Waals surface area contributed by atoms with Crippen molar-refractivity contribution in [1.82, 2.24) is 10.2 Å². The molecule has 15 heteroatoms. The second kappa shape index (κ2) is 10.9. The third-order valence-electron chi connectivity index (χ3n) is 6.96. The summed E-state index contributed by atoms with van der Waals surface area (Å²) in [6.07, 6.45) is -5.51. The van der Waals surface area contributed by atoms with Gasteiger partial charge in [0.1, 0.15) is 5.83 Å². The lowest BCUT2D eigenvalue weighted by Crippen LogP contribution is -2.42. The van der Waals surface area contributed by atoms with E-state index in [1.807, 2.05) is 0 Å². The molecule has 2 saturated heterocycles. The van der Waals surface area contributed by atoms with E-state index in [-0.39, 0.29) is 31.9 Å². The van der Waals surface area contributed by atoms with E-state index in [4.69, 9.17) is 4.74 Å². The van der Waals surface area contributed by atoms with Crippen molar-refractivity contribution in [1.29, 1.82) is 5.26 Å². The number of amides is 4. The highest BCUT2D eigenvalue weighted by molar-refractivity contribution is 6.25. The number of ether oxygens (including phenoxy) is 1. The highest BCUT2D eigenvalue weighted by Crippen LogP contribution is 2.41. The van der Waals surface area contributed by atoms with Gasteiger partial charge in [-0.15, -0.1) is 0 Å². The lowest BCUT2D eigenvalue weighted by atomic mass is 9.90. The lowest BCUT2D eigenvalue weighted by molar-refractivity contribution is -0.137. The summed E-state index contributed by atoms with van der Waals surface area (Å²) in [6, 6.07) is 2.01. The van der Waals surface area contributed by atoms with Gasteiger partial charge in [0, 0.05) is 37.7 Å². The summed E-state index contributed by atoms with van der Waals surface area (Å²) in [6.45, 7) is -0.0664. The Morgan fingerprint density at radius 1 is 1.14 bits per heavy atom. The van der Waals surface area contributed by atoms with E-state index >= 15 is 0 Å². The van der Waals surface area contributed by atoms with Crippen molar-refractivity contribution in [2.24, 2.45) is 4.99 Å². The molecular formula is C27H20F5N5O5. The zero-order valence-electron chi connectivity index (χ0n) is 21.5. The van der Waals surface area contributed by atoms with E-state index < -0.39 is 94.5 Å². The fourth-order valence-corrected chi connectivity index (χ4v) is 5.09. The van der Waals surface area contributed by atoms with Gasteiger partial charge in [-0.25, -0.2) is 13.8 Å². The first-order chi connectivity index (χ1) is 19.9. The molecule has 4 amide bonds. The van der Waals surface area contributed by atoms with Crippen LogP contribution in [0.4, 0.5) is 27.6 Å². The molecule has 1 unspecified atom stereocenters. The Morgan fingerprint density at radius 3 is 2.52 bits per heavy atom. The molecule has 218 valence electrons. The van der Waals surface area contributed by atoms with Crippen LogP contribution in [0.5, 0.6) is 0 Å². The molecule has 0 spiro atoms. The Kier molecular flexibility index (Phi) is 7.50. The van der Waals surface area contributed by atoms with Crippen LogP contribution in [0.15, 0.2) is 52.3 Å². The molecule has 42 heavy (non-hydrogen) atoms. The Hall–Kier alpha value is -4.71. The Bertz CT molecular complexity index is 1570. The van der Waals surface area contributed by atoms with Crippen molar-refractivity contribution in [2.45, 2.75) is 24.8 Å². The van der Waals surface area contributed by atoms with Crippen molar-refractivity contribution in [3.63, 3.8) is 0 Å². The number of nitrogens with zero attached hydrogens (tertiary/aromatic N) is 4. The number of hydrogen-bond acceptors (Lipinski definition) is 6. The van der Waals surface area contributed by atoms with Crippen molar-refractivity contribution in [3.8, 4) is 6.07 Å². The summed E-state index contributed by atoms with van der Waals surface area (Å²) >= 11 is 0. The third kappa shape index (κ3) is 5.45. The number of alkyl halides is 4. The van der Waals surface area contributed by atoms with Crippen LogP contribution in [-0.4, -0.2) is 79.3 Å². The van der Waals surface area contributed by atoms with E-state index in [2.05, 4.69) is 10.3 Å². The van der Waals surface area contributed by atoms with E-state index in [9.17, 15) is 46.4 Å². The zero-order valence-corrected chi connectivity index (χ0v) is 21.5. The average molecular weight is 589 g/mol. The first-order valence-corrected chi connectivity index (χ1v) is 12.6. The first kappa shape index (κ1) is 28.8. The number of fused-ring (bicyclic) bond motifs is 1. The fraction of sp³-hybridized carbons (Fsp3) is 0.333. The summed E-state index contributed by atoms with van der Waals surface area (Å²) in [5, 5.41) is 11.8. The predicted molar refractivity (Wildman–Crippen MR) is 134 cm³/mol. The molecule has 1 aromatic rings. The van der Waals surface area contributed by atoms with Gasteiger partial charge >= 0.3 is 6.18 Å². The molecule has 3 heterocycles. The maximum atomic E-state index is 14.3. The molecule has 5 rings (SSSR count). The number of anilines is 1. The number of dihydropyridines is 1. The number of nitrogens with one attached hydrogen (secondary N) is 1. The van der Waals surface area contributed by atoms with Crippen molar-refractivity contribution in [3.05, 3.63) is 64.0 Å². The minimum Gasteiger partial charge on any atom is -0.378 e. The molecule has 2 fully saturated rings. The second-order valence-electron chi connectivity index (χ2n) is 9.72. The van der Waals surface area contributed by atoms with Crippen molar-refractivity contribution < 1.29 is 45.9 Å². The number of morpholine rings is 1. The largest absolute Gasteiger partial charge is 0.418 e. The second-order valence-corrected chi connectivity index (χ2v) is 9.72. The van der Waals surface area contributed by atoms with Crippen LogP contribution < -0.4 is 10.2 Å². The van der Waals surface area contributed by atoms with Gasteiger partial charge in [0.15, 0.2) is 6.17 Å². The third-order valence-corrected chi connectivity index (χ3v) is 6.96. The smallest absolute Gasteiger partial charge is 0.378 e. The highest BCUT2D eigenvalue weighted by atomic mass is 19.4. The molecule has 1 aromatic carbocycles. The van der Waals surface area contributed by atoms with Gasteiger partial charge in [-0.1, -0.05) is 0 Å². The summed E-state index contributed by atoms with van der Waals surface area (Å²) < 4.78 is 76.2. The van der Waals surface area contributed by atoms with Gasteiger partial charge in [-0.2, -0.15) is 18.4 Å². The van der Waals surface area contributed by atoms with Crippen LogP contribution in [0.2, 0.25) is 0 Å². The topological polar surface area (TPSA) is 132 Å². The number of allylic oxidation sites excluding steroid dienone is 3. The molecule has 1 N–H and O–H groups in total. The maximum Gasteiger partial charge on any atom is 0.418 e. The van der Waals surface area contributed by atoms with Crippen LogP contribution in [0.25, 0.3) is 0 Å². The molecule has 0 radical (unpaired) electrons. The van der Waals surface area contributed by atoms with Crippen LogP contribution >= 0.6 is 0 Å². The molecule has 0 saturated carbocycles. The highest BCUT2D eigenvalue weighted by Gasteiger charge is 2.43. The van der Waals surface area contributed by atoms with Crippen molar-refractivity contribution in [2.75, 3.05) is 37.7 Å². The normalized spacial score (nSPS) is 22.5. The molecule has 0 aromatic heterocycles. The number of carbonyl (C=O) groups excluding carboxylic acids is 4. The minimum atomic E-state index is -5.07. The standard InChI is InChI=1S/C27H20F5N5O5/c28-14-7-16-17(10-21(38)35-23(16)20(29)8-14)25(40)34-15-9-22(39)37(12-15)24-18(26(41)36-1-3-42-4-2-36)5-13(11-33)6-19(24)27(30,31)32/h5-8,10,15,20H,1-4,9,12H2,(H,34,40)/t15-,20?/m1/s1. The Labute approximate surface area is 234 Å². The van der Waals surface area contributed by atoms with Gasteiger partial charge in [0.25, 0.3) is 17.7 Å². The number of halogens is 5. The number of nitriles is 1. The van der Waals surface area contributed by atoms with Crippen molar-refractivity contribution >= 4 is 35.0 Å². The molecule has 2 atom stereocenters. The predicted octanol–water partition coefficient (Wildman–Crippen LogP) is 2.31. The molecule has 4 aliphatic rings. The fourth-order valence-electron chi connectivity index (χ4n) is 5.09. The van der Waals surface area contributed by atoms with E-state index in [0.29, 0.717) is 12.1 Å². The quantitative estimate of drug-likeness (QED) is 0.537. The lowest BCUT2D eigenvalue weighted by Gasteiger charge is -2.30. The van der Waals surface area contributed by atoms with Gasteiger partial charge in [-0.3, -0.25) is 19.2 Å². The summed E-state index contributed by atoms with van der Waals surface area (Å²) in [4.78, 5) is 57.0. The van der Waals surface area contributed by atoms with Crippen LogP contribution in [0.1, 0.15) is 27.9 Å². The van der Waals surface area contributed by atoms with Crippen LogP contribution in [0.3, 0.4) is 0 Å². The van der Waals surface area contributed by atoms with E-state index in [1.165, 1.54) is 4.90 Å². The SMILES string of the molecule is N#Cc1cc(C(=O)N2CCOCC2)c(N2C[C@H](NC(=O)C3=CC(=O)N=C4C3=CC(F)=CC4F)CC2=O)c(C(F)(F)F)c1. The number of hydrogen-bond donors (Lipinski definition) is 1. The first-order valence-electron chi connectivity index (χ1n) is 12.6. The molecular weight excluding hydrogens is 569 g/mol. The number of benzene rings is 1. The van der Waals surface area contributed by atoms with E-state index in [0.717, 1.165) is 23.1 Å². The maximum absolute atomic E-state index is 14.3. The molecule has 0 bridgehead atoms. The summed E-state index contributed by atoms with van der Waals surface area (Å²) in [5.41, 5.74) is -4.30. The monoisotopic (exact) mass is 589 g/mol. The van der Waals surface area contributed by atoms with Gasteiger partial charge in [0.2, 0.25) is 5.91 Å². The molecule has 10 nitrogen and oxygen atoms in total. The minimum absolute atomic E-state index is 0.0769. The number of carbonyl (C=O) groups is 4. The van der Waals surface area contributed by atoms with Crippen LogP contribution in [-0.2, 0) is 25.3 Å². The average Bonchev–Trinajstić information content (AvgIpc) is 3.30. The Morgan fingerprint density at radius 2 is 1.86 bits per heavy atom. The molecule has 3 aliphatic heterocycles. The van der Waals surface area contributed by atoms with Gasteiger partial charge in [-0.05, 0) is 24.3 Å².